The monoisotopic (exact) mass is 360 g/mol. The second-order valence-corrected chi connectivity index (χ2v) is 6.03. The van der Waals surface area contributed by atoms with Gasteiger partial charge in [0.2, 0.25) is 0 Å². The molecule has 0 heterocycles. The van der Waals surface area contributed by atoms with Crippen LogP contribution in [0, 0.1) is 5.82 Å². The van der Waals surface area contributed by atoms with Crippen LogP contribution in [-0.4, -0.2) is 37.7 Å². The van der Waals surface area contributed by atoms with E-state index >= 15 is 0 Å². The van der Waals surface area contributed by atoms with E-state index in [0.29, 0.717) is 24.8 Å². The van der Waals surface area contributed by atoms with Gasteiger partial charge in [0.05, 0.1) is 12.6 Å². The van der Waals surface area contributed by atoms with Gasteiger partial charge in [0.1, 0.15) is 5.82 Å². The molecule has 1 unspecified atom stereocenters. The number of halogens is 2. The van der Waals surface area contributed by atoms with Crippen LogP contribution in [0.2, 0.25) is 0 Å². The van der Waals surface area contributed by atoms with Crippen molar-refractivity contribution in [1.82, 2.24) is 4.90 Å². The van der Waals surface area contributed by atoms with Gasteiger partial charge in [0.15, 0.2) is 0 Å². The van der Waals surface area contributed by atoms with Crippen molar-refractivity contribution in [3.8, 4) is 0 Å². The Morgan fingerprint density at radius 1 is 1.33 bits per heavy atom. The van der Waals surface area contributed by atoms with Gasteiger partial charge >= 0.3 is 0 Å². The molecule has 0 aliphatic rings. The van der Waals surface area contributed by atoms with Crippen molar-refractivity contribution < 1.29 is 9.13 Å². The first-order valence-electron chi connectivity index (χ1n) is 7.48. The summed E-state index contributed by atoms with van der Waals surface area (Å²) < 4.78 is 20.2. The van der Waals surface area contributed by atoms with Crippen molar-refractivity contribution in [2.75, 3.05) is 26.8 Å². The molecule has 120 valence electrons. The molecule has 0 aromatic heterocycles. The number of hydrogen-bond donors (Lipinski definition) is 1. The Bertz CT molecular complexity index is 427. The van der Waals surface area contributed by atoms with Crippen LogP contribution in [0.4, 0.5) is 4.39 Å². The minimum absolute atomic E-state index is 0.127. The van der Waals surface area contributed by atoms with Crippen molar-refractivity contribution in [3.05, 3.63) is 34.1 Å². The molecule has 0 fully saturated rings. The number of nitrogens with zero attached hydrogens (tertiary/aromatic N) is 1. The van der Waals surface area contributed by atoms with E-state index < -0.39 is 0 Å². The molecule has 0 spiro atoms. The number of methoxy groups -OCH3 is 1. The van der Waals surface area contributed by atoms with Crippen LogP contribution in [0.1, 0.15) is 38.3 Å². The lowest BCUT2D eigenvalue weighted by atomic mass is 10.0. The summed E-state index contributed by atoms with van der Waals surface area (Å²) in [5.41, 5.74) is 6.63. The topological polar surface area (TPSA) is 38.5 Å². The average molecular weight is 361 g/mol. The van der Waals surface area contributed by atoms with E-state index in [2.05, 4.69) is 34.7 Å². The maximum absolute atomic E-state index is 14.3. The molecule has 1 aromatic rings. The molecule has 1 aromatic carbocycles. The van der Waals surface area contributed by atoms with Crippen molar-refractivity contribution in [1.29, 1.82) is 0 Å². The van der Waals surface area contributed by atoms with Crippen LogP contribution >= 0.6 is 15.9 Å². The van der Waals surface area contributed by atoms with Crippen LogP contribution in [0.3, 0.4) is 0 Å². The van der Waals surface area contributed by atoms with E-state index in [1.165, 1.54) is 6.07 Å². The zero-order valence-electron chi connectivity index (χ0n) is 13.1. The maximum atomic E-state index is 14.3. The van der Waals surface area contributed by atoms with E-state index in [1.807, 2.05) is 12.1 Å². The van der Waals surface area contributed by atoms with Crippen molar-refractivity contribution in [3.63, 3.8) is 0 Å². The number of rotatable bonds is 9. The van der Waals surface area contributed by atoms with E-state index in [1.54, 1.807) is 7.11 Å². The minimum Gasteiger partial charge on any atom is -0.383 e. The Labute approximate surface area is 135 Å². The Morgan fingerprint density at radius 2 is 2.00 bits per heavy atom. The van der Waals surface area contributed by atoms with Crippen molar-refractivity contribution in [2.24, 2.45) is 5.73 Å². The van der Waals surface area contributed by atoms with Gasteiger partial charge < -0.3 is 10.5 Å². The SMILES string of the molecule is CCC(CC)N(CCOC)C(CN)c1ccc(Br)cc1F. The summed E-state index contributed by atoms with van der Waals surface area (Å²) in [6.45, 7) is 6.06. The highest BCUT2D eigenvalue weighted by Gasteiger charge is 2.26. The number of nitrogens with two attached hydrogens (primary N) is 1. The van der Waals surface area contributed by atoms with Crippen LogP contribution in [0.25, 0.3) is 0 Å². The molecule has 21 heavy (non-hydrogen) atoms. The van der Waals surface area contributed by atoms with Crippen LogP contribution in [-0.2, 0) is 4.74 Å². The molecule has 0 aliphatic heterocycles. The van der Waals surface area contributed by atoms with E-state index in [9.17, 15) is 4.39 Å². The lowest BCUT2D eigenvalue weighted by molar-refractivity contribution is 0.0803. The van der Waals surface area contributed by atoms with Gasteiger partial charge in [-0.1, -0.05) is 35.8 Å². The quantitative estimate of drug-likeness (QED) is 0.729. The number of benzene rings is 1. The summed E-state index contributed by atoms with van der Waals surface area (Å²) in [5, 5.41) is 0. The van der Waals surface area contributed by atoms with E-state index in [0.717, 1.165) is 23.9 Å². The Hall–Kier alpha value is -0.490. The third-order valence-electron chi connectivity index (χ3n) is 3.91. The first-order chi connectivity index (χ1) is 10.1. The molecule has 0 saturated heterocycles. The third-order valence-corrected chi connectivity index (χ3v) is 4.40. The standard InChI is InChI=1S/C16H26BrFN2O/c1-4-13(5-2)20(8-9-21-3)16(11-19)14-7-6-12(17)10-15(14)18/h6-7,10,13,16H,4-5,8-9,11,19H2,1-3H3. The zero-order valence-corrected chi connectivity index (χ0v) is 14.7. The molecule has 0 radical (unpaired) electrons. The van der Waals surface area contributed by atoms with Gasteiger partial charge in [0.25, 0.3) is 0 Å². The minimum atomic E-state index is -0.215. The summed E-state index contributed by atoms with van der Waals surface area (Å²) >= 11 is 3.30. The predicted octanol–water partition coefficient (Wildman–Crippen LogP) is 3.73. The Balaban J connectivity index is 3.09. The largest absolute Gasteiger partial charge is 0.383 e. The van der Waals surface area contributed by atoms with Gasteiger partial charge in [0, 0.05) is 36.3 Å². The summed E-state index contributed by atoms with van der Waals surface area (Å²) in [7, 11) is 1.68. The molecule has 0 aliphatic carbocycles. The predicted molar refractivity (Wildman–Crippen MR) is 88.8 cm³/mol. The average Bonchev–Trinajstić information content (AvgIpc) is 2.47. The smallest absolute Gasteiger partial charge is 0.129 e. The summed E-state index contributed by atoms with van der Waals surface area (Å²) in [6.07, 6.45) is 2.02. The molecular weight excluding hydrogens is 335 g/mol. The molecule has 0 saturated carbocycles. The van der Waals surface area contributed by atoms with Gasteiger partial charge in [-0.2, -0.15) is 0 Å². The van der Waals surface area contributed by atoms with Crippen LogP contribution < -0.4 is 5.73 Å². The lowest BCUT2D eigenvalue weighted by Crippen LogP contribution is -2.43. The molecule has 1 atom stereocenters. The summed E-state index contributed by atoms with van der Waals surface area (Å²) in [4.78, 5) is 2.27. The molecular formula is C16H26BrFN2O. The van der Waals surface area contributed by atoms with Crippen LogP contribution in [0.15, 0.2) is 22.7 Å². The molecule has 0 amide bonds. The number of hydrogen-bond acceptors (Lipinski definition) is 3. The van der Waals surface area contributed by atoms with E-state index in [4.69, 9.17) is 10.5 Å². The molecule has 2 N–H and O–H groups in total. The molecule has 0 bridgehead atoms. The van der Waals surface area contributed by atoms with Crippen LogP contribution in [0.5, 0.6) is 0 Å². The first kappa shape index (κ1) is 18.6. The summed E-state index contributed by atoms with van der Waals surface area (Å²) in [5.74, 6) is -0.215. The Morgan fingerprint density at radius 3 is 2.48 bits per heavy atom. The second kappa shape index (κ2) is 9.51. The lowest BCUT2D eigenvalue weighted by Gasteiger charge is -2.37. The van der Waals surface area contributed by atoms with E-state index in [-0.39, 0.29) is 11.9 Å². The fraction of sp³-hybridized carbons (Fsp3) is 0.625. The fourth-order valence-corrected chi connectivity index (χ4v) is 3.09. The zero-order chi connectivity index (χ0) is 15.8. The summed E-state index contributed by atoms with van der Waals surface area (Å²) in [6, 6.07) is 5.43. The Kier molecular flexibility index (Phi) is 8.41. The highest BCUT2D eigenvalue weighted by atomic mass is 79.9. The third kappa shape index (κ3) is 5.02. The molecule has 5 heteroatoms. The van der Waals surface area contributed by atoms with Gasteiger partial charge in [-0.05, 0) is 25.0 Å². The first-order valence-corrected chi connectivity index (χ1v) is 8.27. The molecule has 1 rings (SSSR count). The normalized spacial score (nSPS) is 13.1. The highest BCUT2D eigenvalue weighted by molar-refractivity contribution is 9.10. The second-order valence-electron chi connectivity index (χ2n) is 5.12. The fourth-order valence-electron chi connectivity index (χ4n) is 2.76. The van der Waals surface area contributed by atoms with Gasteiger partial charge in [-0.15, -0.1) is 0 Å². The molecule has 3 nitrogen and oxygen atoms in total. The van der Waals surface area contributed by atoms with Crippen molar-refractivity contribution >= 4 is 15.9 Å². The number of ether oxygens (including phenoxy) is 1. The van der Waals surface area contributed by atoms with Gasteiger partial charge in [-0.3, -0.25) is 4.90 Å². The highest BCUT2D eigenvalue weighted by Crippen LogP contribution is 2.28. The van der Waals surface area contributed by atoms with Crippen molar-refractivity contribution in [2.45, 2.75) is 38.8 Å². The maximum Gasteiger partial charge on any atom is 0.129 e. The van der Waals surface area contributed by atoms with Gasteiger partial charge in [-0.25, -0.2) is 4.39 Å².